The molecule has 2 aromatic heterocycles. The molecule has 2 aliphatic heterocycles. The first-order valence-electron chi connectivity index (χ1n) is 42.6. The molecule has 4 heterocycles. The van der Waals surface area contributed by atoms with Crippen molar-refractivity contribution in [3.8, 4) is 55.9 Å². The number of halogens is 1. The summed E-state index contributed by atoms with van der Waals surface area (Å²) in [5.74, 6) is 0. The smallest absolute Gasteiger partial charge is 0.253 e. The molecule has 15 aromatic rings. The largest absolute Gasteiger partial charge is 0.310 e. The molecule has 0 atom stereocenters. The van der Waals surface area contributed by atoms with Crippen molar-refractivity contribution in [2.45, 2.75) is 78.6 Å². The zero-order valence-corrected chi connectivity index (χ0v) is 55.8. The first-order valence-corrected chi connectivity index (χ1v) is 32.9. The summed E-state index contributed by atoms with van der Waals surface area (Å²) in [4.78, 5) is 3.92. The van der Waals surface area contributed by atoms with E-state index in [1.54, 1.807) is 0 Å². The molecule has 6 heteroatoms. The lowest BCUT2D eigenvalue weighted by atomic mass is 9.33. The Hall–Kier alpha value is -10.4. The third kappa shape index (κ3) is 9.53. The zero-order chi connectivity index (χ0) is 83.8. The van der Waals surface area contributed by atoms with Crippen LogP contribution in [0.3, 0.4) is 0 Å². The van der Waals surface area contributed by atoms with Gasteiger partial charge < -0.3 is 18.9 Å². The van der Waals surface area contributed by atoms with Crippen LogP contribution >= 0.6 is 15.9 Å². The van der Waals surface area contributed by atoms with Crippen molar-refractivity contribution in [2.75, 3.05) is 9.80 Å². The van der Waals surface area contributed by atoms with Crippen molar-refractivity contribution in [1.82, 2.24) is 9.13 Å². The molecule has 17 rings (SSSR count). The molecule has 96 heavy (non-hydrogen) atoms. The number of anilines is 6. The molecule has 0 N–H and O–H groups in total. The Balaban J connectivity index is 1.17. The highest BCUT2D eigenvalue weighted by Gasteiger charge is 2.47. The number of nitrogens with zero attached hydrogens (tertiary/aromatic N) is 4. The fraction of sp³-hybridized carbons (Fsp3) is 0.133. The lowest BCUT2D eigenvalue weighted by Crippen LogP contribution is -2.62. The molecule has 0 saturated heterocycles. The molecule has 0 amide bonds. The van der Waals surface area contributed by atoms with Gasteiger partial charge in [0.05, 0.1) is 62.2 Å². The Kier molecular flexibility index (Phi) is 9.50. The predicted octanol–water partition coefficient (Wildman–Crippen LogP) is 23.3. The molecular formula is C90H74BBrN4. The quantitative estimate of drug-likeness (QED) is 0.141. The van der Waals surface area contributed by atoms with Gasteiger partial charge in [-0.15, -0.1) is 0 Å². The second kappa shape index (κ2) is 22.4. The average molecular weight is 1320 g/mol. The van der Waals surface area contributed by atoms with Gasteiger partial charge in [0.15, 0.2) is 0 Å². The van der Waals surface area contributed by atoms with Crippen molar-refractivity contribution in [1.29, 1.82) is 0 Å². The SMILES string of the molecule is [2H]c1c([2H])c(-n2c3c([2H])c([2H])c([2H])c([2H])c3c3c([2H])c([2H])c([2H])c([2H])c32)c([2H])c2c1B1c3c(cc(C(C)(C)C)cc3N(c3c(-c4ccccc4)cc(C(C)(C)C)cc3-c3ccccc3)c3c([2H])c(-n4c5c([2H])c([2H])c([2H])c([2H])c5c5c([2H])c([2H])c([2H])c([2H])c54)c([2H])c(Br)c31)N2c1c(-c2ccccc2)cc(C(C)(C)C)cc1-c1ccccc1. The van der Waals surface area contributed by atoms with E-state index in [0.29, 0.717) is 67.2 Å². The summed E-state index contributed by atoms with van der Waals surface area (Å²) < 4.78 is 211. The van der Waals surface area contributed by atoms with E-state index in [9.17, 15) is 23.3 Å². The Morgan fingerprint density at radius 3 is 1.02 bits per heavy atom. The van der Waals surface area contributed by atoms with Gasteiger partial charge in [-0.25, -0.2) is 0 Å². The van der Waals surface area contributed by atoms with Crippen molar-refractivity contribution in [3.63, 3.8) is 0 Å². The van der Waals surface area contributed by atoms with Gasteiger partial charge in [0, 0.05) is 82.4 Å². The van der Waals surface area contributed by atoms with Gasteiger partial charge in [0.1, 0.15) is 0 Å². The highest BCUT2D eigenvalue weighted by Crippen LogP contribution is 2.56. The van der Waals surface area contributed by atoms with E-state index >= 15 is 0 Å². The fourth-order valence-corrected chi connectivity index (χ4v) is 14.7. The number of aromatic nitrogens is 2. The van der Waals surface area contributed by atoms with Gasteiger partial charge in [0.2, 0.25) is 0 Å². The maximum absolute atomic E-state index is 11.7. The van der Waals surface area contributed by atoms with Crippen LogP contribution in [0.2, 0.25) is 0 Å². The molecule has 0 saturated carbocycles. The van der Waals surface area contributed by atoms with Crippen LogP contribution in [0, 0.1) is 0 Å². The molecule has 0 aliphatic carbocycles. The Bertz CT molecular complexity index is 6240. The molecule has 13 aromatic carbocycles. The van der Waals surface area contributed by atoms with Crippen LogP contribution in [0.15, 0.2) is 289 Å². The highest BCUT2D eigenvalue weighted by molar-refractivity contribution is 9.10. The summed E-state index contributed by atoms with van der Waals surface area (Å²) in [6, 6.07) is 37.2. The number of para-hydroxylation sites is 4. The first-order chi connectivity index (χ1) is 55.2. The summed E-state index contributed by atoms with van der Waals surface area (Å²) in [5.41, 5.74) is 5.56. The van der Waals surface area contributed by atoms with Crippen LogP contribution in [0.5, 0.6) is 0 Å². The maximum atomic E-state index is 11.7. The maximum Gasteiger partial charge on any atom is 0.253 e. The molecular weight excluding hydrogens is 1230 g/mol. The minimum absolute atomic E-state index is 0.0169. The molecule has 464 valence electrons. The van der Waals surface area contributed by atoms with Crippen LogP contribution in [0.1, 0.15) is 108 Å². The molecule has 0 fully saturated rings. The summed E-state index contributed by atoms with van der Waals surface area (Å²) in [6.07, 6.45) is 0. The molecule has 0 unspecified atom stereocenters. The Morgan fingerprint density at radius 2 is 0.656 bits per heavy atom. The van der Waals surface area contributed by atoms with Gasteiger partial charge in [-0.1, -0.05) is 278 Å². The van der Waals surface area contributed by atoms with E-state index in [1.807, 2.05) is 164 Å². The molecule has 0 bridgehead atoms. The summed E-state index contributed by atoms with van der Waals surface area (Å²) in [6.45, 7) is 17.3. The van der Waals surface area contributed by atoms with E-state index in [-0.39, 0.29) is 59.4 Å². The van der Waals surface area contributed by atoms with Crippen molar-refractivity contribution in [3.05, 3.63) is 306 Å². The topological polar surface area (TPSA) is 16.3 Å². The minimum Gasteiger partial charge on any atom is -0.310 e. The second-order valence-electron chi connectivity index (χ2n) is 27.8. The number of rotatable bonds is 8. The van der Waals surface area contributed by atoms with Crippen molar-refractivity contribution < 1.29 is 28.8 Å². The van der Waals surface area contributed by atoms with Crippen LogP contribution < -0.4 is 26.2 Å². The normalized spacial score (nSPS) is 16.1. The molecule has 0 radical (unpaired) electrons. The number of benzene rings is 13. The Morgan fingerprint density at radius 1 is 0.333 bits per heavy atom. The van der Waals surface area contributed by atoms with Gasteiger partial charge in [0.25, 0.3) is 6.71 Å². The van der Waals surface area contributed by atoms with E-state index in [2.05, 4.69) is 81.7 Å². The lowest BCUT2D eigenvalue weighted by Gasteiger charge is -2.47. The zero-order valence-electron chi connectivity index (χ0n) is 75.3. The number of hydrogen-bond acceptors (Lipinski definition) is 2. The molecule has 2 aliphatic rings. The predicted molar refractivity (Wildman–Crippen MR) is 415 cm³/mol. The van der Waals surface area contributed by atoms with Gasteiger partial charge >= 0.3 is 0 Å². The Labute approximate surface area is 602 Å². The third-order valence-electron chi connectivity index (χ3n) is 18.8. The van der Waals surface area contributed by atoms with Crippen LogP contribution in [-0.4, -0.2) is 15.8 Å². The number of fused-ring (bicyclic) bond motifs is 10. The van der Waals surface area contributed by atoms with E-state index < -0.39 is 172 Å². The summed E-state index contributed by atoms with van der Waals surface area (Å²) in [5, 5.41) is -1.26. The summed E-state index contributed by atoms with van der Waals surface area (Å²) >= 11 is 4.09. The van der Waals surface area contributed by atoms with Gasteiger partial charge in [-0.05, 0) is 156 Å². The van der Waals surface area contributed by atoms with Crippen molar-refractivity contribution >= 4 is 117 Å². The standard InChI is InChI=1S/C90H74BBrN4/c1-88(2,3)61-48-70(57-30-14-10-15-31-57)86(71(49-61)58-32-16-11-17-33-58)95-80-55-64(93-76-42-26-22-38-66(76)67-39-23-27-43-77(67)93)46-47-74(80)91-84-75(92)54-65(94-78-44-28-24-40-68(78)69-41-25-29-45-79(69)94)56-83(84)96(82-53-63(90(7,8)9)52-81(95)85(82)91)87-72(59-34-18-12-19-35-59)50-62(89(4,5)6)51-73(87)60-36-20-13-21-37-60/h10-56H,1-9H3/i22D,23D,24D,25D,26D,27D,28D,29D,38D,39D,40D,41D,42D,43D,44D,45D,46D,47D,54D,55D,56D. The third-order valence-corrected chi connectivity index (χ3v) is 19.4. The van der Waals surface area contributed by atoms with Crippen LogP contribution in [0.25, 0.3) is 99.5 Å². The highest BCUT2D eigenvalue weighted by atomic mass is 79.9. The number of hydrogen-bond donors (Lipinski definition) is 0. The van der Waals surface area contributed by atoms with E-state index in [4.69, 9.17) is 5.48 Å². The van der Waals surface area contributed by atoms with Crippen LogP contribution in [-0.2, 0) is 16.2 Å². The van der Waals surface area contributed by atoms with Gasteiger partial charge in [-0.3, -0.25) is 0 Å². The molecule has 4 nitrogen and oxygen atoms in total. The lowest BCUT2D eigenvalue weighted by molar-refractivity contribution is 0.590. The first kappa shape index (κ1) is 40.8. The average Bonchev–Trinajstić information content (AvgIpc) is 1.65. The summed E-state index contributed by atoms with van der Waals surface area (Å²) in [7, 11) is 0. The van der Waals surface area contributed by atoms with E-state index in [1.165, 1.54) is 4.57 Å². The second-order valence-corrected chi connectivity index (χ2v) is 28.6. The van der Waals surface area contributed by atoms with Crippen LogP contribution in [0.4, 0.5) is 34.1 Å². The molecule has 0 spiro atoms. The van der Waals surface area contributed by atoms with E-state index in [0.717, 1.165) is 26.8 Å². The monoisotopic (exact) mass is 1320 g/mol. The van der Waals surface area contributed by atoms with Crippen molar-refractivity contribution in [2.24, 2.45) is 0 Å². The fourth-order valence-electron chi connectivity index (χ4n) is 14.0. The minimum atomic E-state index is -1.49. The van der Waals surface area contributed by atoms with Gasteiger partial charge in [-0.2, -0.15) is 0 Å².